The zero-order chi connectivity index (χ0) is 9.84. The summed E-state index contributed by atoms with van der Waals surface area (Å²) in [6.07, 6.45) is 5.31. The Labute approximate surface area is 79.1 Å². The molecule has 68 valence electrons. The molecule has 0 amide bonds. The van der Waals surface area contributed by atoms with Crippen LogP contribution in [0.1, 0.15) is 20.8 Å². The first-order valence-corrected chi connectivity index (χ1v) is 4.23. The van der Waals surface area contributed by atoms with Crippen LogP contribution in [-0.4, -0.2) is 11.9 Å². The van der Waals surface area contributed by atoms with Crippen LogP contribution in [0, 0.1) is 0 Å². The van der Waals surface area contributed by atoms with Crippen LogP contribution in [0.25, 0.3) is 0 Å². The van der Waals surface area contributed by atoms with Gasteiger partial charge in [0.25, 0.3) is 0 Å². The minimum Gasteiger partial charge on any atom is -0.262 e. The maximum absolute atomic E-state index is 4.41. The maximum Gasteiger partial charge on any atom is 0.0882 e. The second kappa shape index (κ2) is 3.99. The molecule has 0 fully saturated rings. The largest absolute Gasteiger partial charge is 0.262 e. The van der Waals surface area contributed by atoms with E-state index in [1.165, 1.54) is 5.57 Å². The molecule has 0 aromatic carbocycles. The molecule has 1 aliphatic rings. The van der Waals surface area contributed by atoms with E-state index < -0.39 is 0 Å². The molecular weight excluding hydrogens is 160 g/mol. The lowest BCUT2D eigenvalue weighted by atomic mass is 10.1. The highest BCUT2D eigenvalue weighted by atomic mass is 14.8. The van der Waals surface area contributed by atoms with Gasteiger partial charge in [-0.2, -0.15) is 0 Å². The molecule has 0 unspecified atom stereocenters. The summed E-state index contributed by atoms with van der Waals surface area (Å²) >= 11 is 0. The summed E-state index contributed by atoms with van der Waals surface area (Å²) in [7, 11) is 0. The van der Waals surface area contributed by atoms with Gasteiger partial charge in [-0.05, 0) is 32.4 Å². The lowest BCUT2D eigenvalue weighted by molar-refractivity contribution is 1.19. The molecule has 0 spiro atoms. The zero-order valence-electron chi connectivity index (χ0n) is 8.33. The molecule has 0 bridgehead atoms. The predicted octanol–water partition coefficient (Wildman–Crippen LogP) is 2.90. The number of aliphatic imine (C=N–C) groups is 2. The summed E-state index contributed by atoms with van der Waals surface area (Å²) in [5, 5.41) is 0. The molecule has 1 heterocycles. The van der Waals surface area contributed by atoms with Gasteiger partial charge in [-0.25, -0.2) is 0 Å². The predicted molar refractivity (Wildman–Crippen MR) is 58.3 cm³/mol. The zero-order valence-corrected chi connectivity index (χ0v) is 8.33. The van der Waals surface area contributed by atoms with Gasteiger partial charge in [0.2, 0.25) is 0 Å². The second-order valence-electron chi connectivity index (χ2n) is 3.20. The normalized spacial score (nSPS) is 18.1. The summed E-state index contributed by atoms with van der Waals surface area (Å²) in [6, 6.07) is 0. The van der Waals surface area contributed by atoms with Gasteiger partial charge in [-0.1, -0.05) is 12.2 Å². The lowest BCUT2D eigenvalue weighted by Crippen LogP contribution is -2.04. The number of hydrogen-bond donors (Lipinski definition) is 0. The van der Waals surface area contributed by atoms with Crippen LogP contribution in [-0.2, 0) is 0 Å². The second-order valence-corrected chi connectivity index (χ2v) is 3.20. The van der Waals surface area contributed by atoms with Gasteiger partial charge in [0.15, 0.2) is 0 Å². The van der Waals surface area contributed by atoms with Crippen molar-refractivity contribution in [2.75, 3.05) is 0 Å². The Kier molecular flexibility index (Phi) is 2.96. The van der Waals surface area contributed by atoms with E-state index in [0.717, 1.165) is 17.0 Å². The Morgan fingerprint density at radius 2 is 2.08 bits per heavy atom. The van der Waals surface area contributed by atoms with Crippen molar-refractivity contribution in [2.45, 2.75) is 20.8 Å². The summed E-state index contributed by atoms with van der Waals surface area (Å²) < 4.78 is 0. The van der Waals surface area contributed by atoms with Gasteiger partial charge >= 0.3 is 0 Å². The fraction of sp³-hybridized carbons (Fsp3) is 0.273. The first-order valence-electron chi connectivity index (χ1n) is 4.23. The van der Waals surface area contributed by atoms with Crippen LogP contribution in [0.4, 0.5) is 0 Å². The van der Waals surface area contributed by atoms with E-state index in [-0.39, 0.29) is 0 Å². The fourth-order valence-electron chi connectivity index (χ4n) is 0.808. The van der Waals surface area contributed by atoms with E-state index in [2.05, 4.69) is 16.6 Å². The van der Waals surface area contributed by atoms with Crippen LogP contribution in [0.15, 0.2) is 45.7 Å². The Morgan fingerprint density at radius 1 is 1.38 bits per heavy atom. The first-order chi connectivity index (χ1) is 6.11. The molecule has 0 radical (unpaired) electrons. The number of allylic oxidation sites excluding steroid dienone is 4. The summed E-state index contributed by atoms with van der Waals surface area (Å²) in [5.41, 5.74) is 4.00. The quantitative estimate of drug-likeness (QED) is 0.584. The third-order valence-corrected chi connectivity index (χ3v) is 1.90. The third-order valence-electron chi connectivity index (χ3n) is 1.90. The summed E-state index contributed by atoms with van der Waals surface area (Å²) in [4.78, 5) is 8.41. The van der Waals surface area contributed by atoms with E-state index >= 15 is 0 Å². The van der Waals surface area contributed by atoms with E-state index in [4.69, 9.17) is 0 Å². The maximum atomic E-state index is 4.41. The highest BCUT2D eigenvalue weighted by Gasteiger charge is 2.02. The first kappa shape index (κ1) is 9.65. The van der Waals surface area contributed by atoms with Gasteiger partial charge in [-0.15, -0.1) is 0 Å². The van der Waals surface area contributed by atoms with Crippen molar-refractivity contribution >= 4 is 11.9 Å². The van der Waals surface area contributed by atoms with Gasteiger partial charge in [-0.3, -0.25) is 9.98 Å². The van der Waals surface area contributed by atoms with Gasteiger partial charge in [0.05, 0.1) is 11.9 Å². The highest BCUT2D eigenvalue weighted by Crippen LogP contribution is 2.08. The molecule has 1 aliphatic heterocycles. The molecule has 2 heteroatoms. The van der Waals surface area contributed by atoms with Crippen LogP contribution < -0.4 is 0 Å². The highest BCUT2D eigenvalue weighted by molar-refractivity contribution is 6.39. The van der Waals surface area contributed by atoms with E-state index in [9.17, 15) is 0 Å². The average Bonchev–Trinajstić information content (AvgIpc) is 2.08. The monoisotopic (exact) mass is 174 g/mol. The fourth-order valence-corrected chi connectivity index (χ4v) is 0.808. The van der Waals surface area contributed by atoms with Crippen LogP contribution in [0.3, 0.4) is 0 Å². The van der Waals surface area contributed by atoms with E-state index in [0.29, 0.717) is 0 Å². The number of rotatable bonds is 1. The molecule has 13 heavy (non-hydrogen) atoms. The summed E-state index contributed by atoms with van der Waals surface area (Å²) in [5.74, 6) is 0. The lowest BCUT2D eigenvalue weighted by Gasteiger charge is -2.04. The van der Waals surface area contributed by atoms with E-state index in [1.54, 1.807) is 12.4 Å². The summed E-state index contributed by atoms with van der Waals surface area (Å²) in [6.45, 7) is 9.94. The van der Waals surface area contributed by atoms with Crippen molar-refractivity contribution in [1.29, 1.82) is 0 Å². The molecule has 0 aromatic rings. The molecular formula is C11H14N2. The standard InChI is InChI=1S/C11H14N2/c1-8(2)10(4)13-11-7-12-6-5-9(11)3/h5-7H,3H2,1-2,4H3/b13-11-. The Hall–Kier alpha value is -1.44. The van der Waals surface area contributed by atoms with Crippen molar-refractivity contribution < 1.29 is 0 Å². The molecule has 2 nitrogen and oxygen atoms in total. The van der Waals surface area contributed by atoms with Crippen LogP contribution >= 0.6 is 0 Å². The van der Waals surface area contributed by atoms with Crippen LogP contribution in [0.2, 0.25) is 0 Å². The molecule has 1 rings (SSSR count). The average molecular weight is 174 g/mol. The molecule has 0 saturated carbocycles. The molecule has 0 N–H and O–H groups in total. The van der Waals surface area contributed by atoms with Crippen molar-refractivity contribution in [2.24, 2.45) is 9.98 Å². The van der Waals surface area contributed by atoms with Gasteiger partial charge in [0.1, 0.15) is 0 Å². The van der Waals surface area contributed by atoms with Crippen molar-refractivity contribution in [3.05, 3.63) is 35.7 Å². The van der Waals surface area contributed by atoms with E-state index in [1.807, 2.05) is 26.8 Å². The van der Waals surface area contributed by atoms with Crippen LogP contribution in [0.5, 0.6) is 0 Å². The van der Waals surface area contributed by atoms with Crippen molar-refractivity contribution in [3.8, 4) is 0 Å². The molecule has 0 aromatic heterocycles. The van der Waals surface area contributed by atoms with Crippen molar-refractivity contribution in [1.82, 2.24) is 0 Å². The minimum absolute atomic E-state index is 0.848. The Balaban J connectivity index is 2.96. The Bertz CT molecular complexity index is 337. The third kappa shape index (κ3) is 2.51. The topological polar surface area (TPSA) is 24.7 Å². The Morgan fingerprint density at radius 3 is 2.62 bits per heavy atom. The minimum atomic E-state index is 0.848. The smallest absolute Gasteiger partial charge is 0.0882 e. The molecule has 0 aliphatic carbocycles. The number of nitrogens with zero attached hydrogens (tertiary/aromatic N) is 2. The SMILES string of the molecule is C=C1C=CN=C/C1=N/C(C)=C(C)C. The van der Waals surface area contributed by atoms with Gasteiger partial charge in [0, 0.05) is 11.9 Å². The molecule has 0 atom stereocenters. The molecule has 0 saturated heterocycles. The van der Waals surface area contributed by atoms with Gasteiger partial charge < -0.3 is 0 Å². The van der Waals surface area contributed by atoms with Crippen molar-refractivity contribution in [3.63, 3.8) is 0 Å². The number of hydrogen-bond acceptors (Lipinski definition) is 2.